The Morgan fingerprint density at radius 1 is 1.09 bits per heavy atom. The molecule has 5 heteroatoms. The molecular weight excluding hydrogens is 292 g/mol. The van der Waals surface area contributed by atoms with Gasteiger partial charge in [0.25, 0.3) is 0 Å². The van der Waals surface area contributed by atoms with Gasteiger partial charge in [-0.3, -0.25) is 14.4 Å². The molecule has 1 aliphatic rings. The third-order valence-electron chi connectivity index (χ3n) is 3.82. The molecule has 0 aliphatic carbocycles. The number of rotatable bonds is 5. The van der Waals surface area contributed by atoms with Gasteiger partial charge in [-0.15, -0.1) is 0 Å². The second-order valence-corrected chi connectivity index (χ2v) is 5.48. The summed E-state index contributed by atoms with van der Waals surface area (Å²) in [6.07, 6.45) is 0.204. The van der Waals surface area contributed by atoms with Crippen LogP contribution in [0.25, 0.3) is 0 Å². The third-order valence-corrected chi connectivity index (χ3v) is 3.82. The summed E-state index contributed by atoms with van der Waals surface area (Å²) in [5.41, 5.74) is 4.24. The molecule has 0 saturated carbocycles. The van der Waals surface area contributed by atoms with Crippen molar-refractivity contribution in [2.45, 2.75) is 13.0 Å². The molecule has 1 aliphatic heterocycles. The molecule has 3 rings (SSSR count). The fraction of sp³-hybridized carbons (Fsp3) is 0.222. The first-order valence-electron chi connectivity index (χ1n) is 7.55. The van der Waals surface area contributed by atoms with Crippen molar-refractivity contribution in [1.29, 1.82) is 0 Å². The zero-order chi connectivity index (χ0) is 16.1. The Hall–Kier alpha value is -2.66. The van der Waals surface area contributed by atoms with E-state index in [0.717, 1.165) is 11.3 Å². The maximum atomic E-state index is 12.1. The van der Waals surface area contributed by atoms with Crippen molar-refractivity contribution in [3.05, 3.63) is 66.2 Å². The van der Waals surface area contributed by atoms with Crippen molar-refractivity contribution in [3.63, 3.8) is 0 Å². The van der Waals surface area contributed by atoms with E-state index in [9.17, 15) is 9.59 Å². The van der Waals surface area contributed by atoms with Gasteiger partial charge in [0, 0.05) is 18.7 Å². The van der Waals surface area contributed by atoms with E-state index in [0.29, 0.717) is 13.2 Å². The van der Waals surface area contributed by atoms with Gasteiger partial charge in [-0.25, -0.2) is 5.48 Å². The molecule has 23 heavy (non-hydrogen) atoms. The standard InChI is InChI=1S/C18H18N2O3/c21-17-11-15(12-20(17)16-9-5-2-6-10-16)18(22)19-23-13-14-7-3-1-4-8-14/h1-10,15H,11-13H2,(H,19,22)/t15-/m1/s1. The van der Waals surface area contributed by atoms with Crippen LogP contribution in [0, 0.1) is 5.92 Å². The largest absolute Gasteiger partial charge is 0.312 e. The first-order chi connectivity index (χ1) is 11.2. The molecule has 0 unspecified atom stereocenters. The lowest BCUT2D eigenvalue weighted by molar-refractivity contribution is -0.138. The molecule has 0 radical (unpaired) electrons. The van der Waals surface area contributed by atoms with Gasteiger partial charge in [-0.1, -0.05) is 48.5 Å². The summed E-state index contributed by atoms with van der Waals surface area (Å²) in [5.74, 6) is -0.689. The van der Waals surface area contributed by atoms with Crippen LogP contribution in [0.4, 0.5) is 5.69 Å². The molecule has 1 fully saturated rings. The van der Waals surface area contributed by atoms with Crippen LogP contribution in [0.5, 0.6) is 0 Å². The molecule has 1 heterocycles. The first kappa shape index (κ1) is 15.2. The number of hydrogen-bond donors (Lipinski definition) is 1. The predicted molar refractivity (Wildman–Crippen MR) is 86.3 cm³/mol. The molecule has 2 aromatic carbocycles. The Labute approximate surface area is 134 Å². The number of anilines is 1. The van der Waals surface area contributed by atoms with Gasteiger partial charge in [-0.2, -0.15) is 0 Å². The number of hydrogen-bond acceptors (Lipinski definition) is 3. The first-order valence-corrected chi connectivity index (χ1v) is 7.55. The minimum absolute atomic E-state index is 0.0422. The van der Waals surface area contributed by atoms with E-state index in [1.165, 1.54) is 0 Å². The van der Waals surface area contributed by atoms with Crippen LogP contribution in [0.1, 0.15) is 12.0 Å². The number of para-hydroxylation sites is 1. The zero-order valence-corrected chi connectivity index (χ0v) is 12.6. The van der Waals surface area contributed by atoms with Gasteiger partial charge in [0.05, 0.1) is 12.5 Å². The van der Waals surface area contributed by atoms with E-state index in [4.69, 9.17) is 4.84 Å². The third kappa shape index (κ3) is 3.76. The van der Waals surface area contributed by atoms with Gasteiger partial charge in [-0.05, 0) is 17.7 Å². The number of amides is 2. The molecule has 1 saturated heterocycles. The SMILES string of the molecule is O=C(NOCc1ccccc1)[C@@H]1CC(=O)N(c2ccccc2)C1. The quantitative estimate of drug-likeness (QED) is 0.862. The molecule has 0 bridgehead atoms. The molecule has 1 N–H and O–H groups in total. The average Bonchev–Trinajstić information content (AvgIpc) is 2.98. The Morgan fingerprint density at radius 2 is 1.74 bits per heavy atom. The number of carbonyl (C=O) groups is 2. The van der Waals surface area contributed by atoms with Gasteiger partial charge < -0.3 is 4.90 Å². The smallest absolute Gasteiger partial charge is 0.248 e. The van der Waals surface area contributed by atoms with Crippen molar-refractivity contribution in [1.82, 2.24) is 5.48 Å². The second kappa shape index (κ2) is 7.07. The lowest BCUT2D eigenvalue weighted by Crippen LogP contribution is -2.33. The molecular formula is C18H18N2O3. The average molecular weight is 310 g/mol. The lowest BCUT2D eigenvalue weighted by atomic mass is 10.1. The van der Waals surface area contributed by atoms with Gasteiger partial charge in [0.2, 0.25) is 11.8 Å². The number of carbonyl (C=O) groups excluding carboxylic acids is 2. The lowest BCUT2D eigenvalue weighted by Gasteiger charge is -2.16. The molecule has 1 atom stereocenters. The normalized spacial score (nSPS) is 17.3. The number of benzene rings is 2. The summed E-state index contributed by atoms with van der Waals surface area (Å²) in [6, 6.07) is 19.0. The Kier molecular flexibility index (Phi) is 4.68. The highest BCUT2D eigenvalue weighted by molar-refractivity contribution is 6.00. The maximum Gasteiger partial charge on any atom is 0.248 e. The number of hydroxylamine groups is 1. The van der Waals surface area contributed by atoms with Crippen LogP contribution < -0.4 is 10.4 Å². The van der Waals surface area contributed by atoms with Gasteiger partial charge in [0.1, 0.15) is 0 Å². The molecule has 0 spiro atoms. The van der Waals surface area contributed by atoms with E-state index >= 15 is 0 Å². The number of nitrogens with one attached hydrogen (secondary N) is 1. The maximum absolute atomic E-state index is 12.1. The molecule has 2 aromatic rings. The van der Waals surface area contributed by atoms with Crippen LogP contribution in [0.3, 0.4) is 0 Å². The molecule has 2 amide bonds. The zero-order valence-electron chi connectivity index (χ0n) is 12.6. The topological polar surface area (TPSA) is 58.6 Å². The summed E-state index contributed by atoms with van der Waals surface area (Å²) in [6.45, 7) is 0.680. The predicted octanol–water partition coefficient (Wildman–Crippen LogP) is 2.29. The summed E-state index contributed by atoms with van der Waals surface area (Å²) in [4.78, 5) is 31.1. The molecule has 0 aromatic heterocycles. The summed E-state index contributed by atoms with van der Waals surface area (Å²) < 4.78 is 0. The summed E-state index contributed by atoms with van der Waals surface area (Å²) in [7, 11) is 0. The highest BCUT2D eigenvalue weighted by Crippen LogP contribution is 2.24. The highest BCUT2D eigenvalue weighted by atomic mass is 16.6. The minimum atomic E-state index is -0.390. The van der Waals surface area contributed by atoms with Gasteiger partial charge >= 0.3 is 0 Å². The monoisotopic (exact) mass is 310 g/mol. The van der Waals surface area contributed by atoms with Gasteiger partial charge in [0.15, 0.2) is 0 Å². The Balaban J connectivity index is 1.52. The Morgan fingerprint density at radius 3 is 2.43 bits per heavy atom. The van der Waals surface area contributed by atoms with E-state index in [2.05, 4.69) is 5.48 Å². The number of nitrogens with zero attached hydrogens (tertiary/aromatic N) is 1. The Bertz CT molecular complexity index is 673. The van der Waals surface area contributed by atoms with E-state index in [-0.39, 0.29) is 18.2 Å². The van der Waals surface area contributed by atoms with Crippen LogP contribution in [0.2, 0.25) is 0 Å². The molecule has 5 nitrogen and oxygen atoms in total. The molecule has 118 valence electrons. The van der Waals surface area contributed by atoms with Crippen molar-refractivity contribution < 1.29 is 14.4 Å². The van der Waals surface area contributed by atoms with Crippen LogP contribution >= 0.6 is 0 Å². The van der Waals surface area contributed by atoms with Crippen molar-refractivity contribution >= 4 is 17.5 Å². The summed E-state index contributed by atoms with van der Waals surface area (Å²) in [5, 5.41) is 0. The van der Waals surface area contributed by atoms with Crippen LogP contribution in [-0.2, 0) is 21.0 Å². The fourth-order valence-electron chi connectivity index (χ4n) is 2.59. The van der Waals surface area contributed by atoms with E-state index in [1.807, 2.05) is 60.7 Å². The highest BCUT2D eigenvalue weighted by Gasteiger charge is 2.35. The van der Waals surface area contributed by atoms with Crippen molar-refractivity contribution in [3.8, 4) is 0 Å². The van der Waals surface area contributed by atoms with Crippen LogP contribution in [-0.4, -0.2) is 18.4 Å². The second-order valence-electron chi connectivity index (χ2n) is 5.48. The minimum Gasteiger partial charge on any atom is -0.312 e. The van der Waals surface area contributed by atoms with E-state index < -0.39 is 5.92 Å². The van der Waals surface area contributed by atoms with E-state index in [1.54, 1.807) is 4.90 Å². The van der Waals surface area contributed by atoms with Crippen molar-refractivity contribution in [2.24, 2.45) is 5.92 Å². The fourth-order valence-corrected chi connectivity index (χ4v) is 2.59. The van der Waals surface area contributed by atoms with Crippen LogP contribution in [0.15, 0.2) is 60.7 Å². The summed E-state index contributed by atoms with van der Waals surface area (Å²) >= 11 is 0. The van der Waals surface area contributed by atoms with Crippen molar-refractivity contribution in [2.75, 3.05) is 11.4 Å².